The predicted octanol–water partition coefficient (Wildman–Crippen LogP) is 1.44. The zero-order chi connectivity index (χ0) is 9.19. The van der Waals surface area contributed by atoms with Crippen LogP contribution < -0.4 is 0 Å². The second kappa shape index (κ2) is 3.46. The van der Waals surface area contributed by atoms with Crippen LogP contribution in [0.15, 0.2) is 11.6 Å². The summed E-state index contributed by atoms with van der Waals surface area (Å²) in [6.45, 7) is 2.77. The molecule has 0 spiro atoms. The van der Waals surface area contributed by atoms with Gasteiger partial charge in [0.1, 0.15) is 0 Å². The number of nitrogens with zero attached hydrogens (tertiary/aromatic N) is 2. The Labute approximate surface area is 73.6 Å². The van der Waals surface area contributed by atoms with Crippen LogP contribution in [0.5, 0.6) is 0 Å². The van der Waals surface area contributed by atoms with Gasteiger partial charge in [-0.3, -0.25) is 9.11 Å². The maximum Gasteiger partial charge on any atom is 0.0912 e. The van der Waals surface area contributed by atoms with E-state index in [1.807, 2.05) is 6.07 Å². The Balaban J connectivity index is 2.45. The SMILES string of the molecule is CCS(O)(O)N1CC(=CC#N)C1. The van der Waals surface area contributed by atoms with Crippen molar-refractivity contribution < 1.29 is 9.11 Å². The molecule has 0 aromatic heterocycles. The number of nitriles is 1. The molecule has 2 N–H and O–H groups in total. The summed E-state index contributed by atoms with van der Waals surface area (Å²) in [5.41, 5.74) is 0.964. The second-order valence-corrected chi connectivity index (χ2v) is 5.01. The van der Waals surface area contributed by atoms with E-state index in [-0.39, 0.29) is 0 Å². The average molecular weight is 188 g/mol. The third-order valence-corrected chi connectivity index (χ3v) is 3.69. The first-order valence-electron chi connectivity index (χ1n) is 3.68. The molecule has 1 rings (SSSR count). The monoisotopic (exact) mass is 188 g/mol. The van der Waals surface area contributed by atoms with Crippen molar-refractivity contribution in [3.05, 3.63) is 11.6 Å². The van der Waals surface area contributed by atoms with E-state index in [9.17, 15) is 9.11 Å². The van der Waals surface area contributed by atoms with Crippen LogP contribution >= 0.6 is 10.8 Å². The summed E-state index contributed by atoms with van der Waals surface area (Å²) in [6, 6.07) is 1.92. The molecule has 0 atom stereocenters. The van der Waals surface area contributed by atoms with Crippen LogP contribution in [-0.2, 0) is 0 Å². The van der Waals surface area contributed by atoms with Gasteiger partial charge < -0.3 is 0 Å². The van der Waals surface area contributed by atoms with Gasteiger partial charge in [-0.1, -0.05) is 0 Å². The molecule has 68 valence electrons. The van der Waals surface area contributed by atoms with Crippen molar-refractivity contribution in [2.75, 3.05) is 18.8 Å². The summed E-state index contributed by atoms with van der Waals surface area (Å²) >= 11 is 0. The standard InChI is InChI=1S/C7H12N2O2S/c1-2-12(10,11)9-5-7(6-9)3-4-8/h3,10-11H,2,5-6H2,1H3. The van der Waals surface area contributed by atoms with Crippen molar-refractivity contribution >= 4 is 10.8 Å². The van der Waals surface area contributed by atoms with Gasteiger partial charge in [-0.25, -0.2) is 0 Å². The molecule has 0 unspecified atom stereocenters. The third-order valence-electron chi connectivity index (χ3n) is 1.83. The van der Waals surface area contributed by atoms with Crippen LogP contribution in [0.1, 0.15) is 6.92 Å². The van der Waals surface area contributed by atoms with E-state index >= 15 is 0 Å². The van der Waals surface area contributed by atoms with Crippen LogP contribution in [0.25, 0.3) is 0 Å². The van der Waals surface area contributed by atoms with Gasteiger partial charge in [0.15, 0.2) is 0 Å². The summed E-state index contributed by atoms with van der Waals surface area (Å²) in [6.07, 6.45) is 1.46. The van der Waals surface area contributed by atoms with E-state index in [2.05, 4.69) is 0 Å². The van der Waals surface area contributed by atoms with E-state index in [4.69, 9.17) is 5.26 Å². The Morgan fingerprint density at radius 3 is 2.67 bits per heavy atom. The number of hydrogen-bond acceptors (Lipinski definition) is 4. The van der Waals surface area contributed by atoms with E-state index in [1.54, 1.807) is 11.2 Å². The summed E-state index contributed by atoms with van der Waals surface area (Å²) < 4.78 is 20.4. The van der Waals surface area contributed by atoms with Gasteiger partial charge in [-0.05, 0) is 12.5 Å². The summed E-state index contributed by atoms with van der Waals surface area (Å²) in [4.78, 5) is 0. The molecule has 4 nitrogen and oxygen atoms in total. The molecule has 1 fully saturated rings. The van der Waals surface area contributed by atoms with Gasteiger partial charge in [-0.2, -0.15) is 9.57 Å². The Bertz CT molecular complexity index is 236. The highest BCUT2D eigenvalue weighted by Gasteiger charge is 2.30. The lowest BCUT2D eigenvalue weighted by Gasteiger charge is -2.48. The first-order chi connectivity index (χ1) is 5.60. The van der Waals surface area contributed by atoms with Gasteiger partial charge in [0.05, 0.1) is 11.8 Å². The molecule has 0 aliphatic carbocycles. The van der Waals surface area contributed by atoms with Crippen LogP contribution in [0.3, 0.4) is 0 Å². The molecule has 1 heterocycles. The zero-order valence-corrected chi connectivity index (χ0v) is 7.71. The third kappa shape index (κ3) is 1.79. The van der Waals surface area contributed by atoms with Gasteiger partial charge in [0, 0.05) is 19.2 Å². The van der Waals surface area contributed by atoms with Crippen molar-refractivity contribution in [2.45, 2.75) is 6.92 Å². The van der Waals surface area contributed by atoms with Crippen molar-refractivity contribution in [2.24, 2.45) is 0 Å². The maximum atomic E-state index is 9.38. The first-order valence-corrected chi connectivity index (χ1v) is 5.36. The van der Waals surface area contributed by atoms with E-state index in [0.29, 0.717) is 18.8 Å². The van der Waals surface area contributed by atoms with E-state index in [1.165, 1.54) is 6.08 Å². The number of allylic oxidation sites excluding steroid dienone is 1. The zero-order valence-electron chi connectivity index (χ0n) is 6.90. The fraction of sp³-hybridized carbons (Fsp3) is 0.571. The van der Waals surface area contributed by atoms with Gasteiger partial charge in [0.25, 0.3) is 0 Å². The van der Waals surface area contributed by atoms with E-state index < -0.39 is 10.8 Å². The molecule has 1 saturated heterocycles. The van der Waals surface area contributed by atoms with Crippen LogP contribution in [0.2, 0.25) is 0 Å². The molecule has 0 radical (unpaired) electrons. The lowest BCUT2D eigenvalue weighted by molar-refractivity contribution is 0.332. The quantitative estimate of drug-likeness (QED) is 0.643. The second-order valence-electron chi connectivity index (χ2n) is 2.65. The first kappa shape index (κ1) is 9.55. The largest absolute Gasteiger partial charge is 0.285 e. The number of rotatable bonds is 2. The molecule has 1 aliphatic heterocycles. The molecular weight excluding hydrogens is 176 g/mol. The lowest BCUT2D eigenvalue weighted by Crippen LogP contribution is -2.42. The normalized spacial score (nSPS) is 19.7. The predicted molar refractivity (Wildman–Crippen MR) is 48.7 cm³/mol. The highest BCUT2D eigenvalue weighted by atomic mass is 32.3. The Hall–Kier alpha value is -0.540. The highest BCUT2D eigenvalue weighted by Crippen LogP contribution is 2.46. The van der Waals surface area contributed by atoms with Gasteiger partial charge >= 0.3 is 0 Å². The smallest absolute Gasteiger partial charge is 0.0912 e. The lowest BCUT2D eigenvalue weighted by atomic mass is 10.1. The van der Waals surface area contributed by atoms with Crippen molar-refractivity contribution in [1.29, 1.82) is 5.26 Å². The van der Waals surface area contributed by atoms with Crippen molar-refractivity contribution in [3.63, 3.8) is 0 Å². The van der Waals surface area contributed by atoms with Crippen LogP contribution in [-0.4, -0.2) is 32.3 Å². The molecule has 0 amide bonds. The topological polar surface area (TPSA) is 67.5 Å². The molecule has 1 aliphatic rings. The summed E-state index contributed by atoms with van der Waals surface area (Å²) in [7, 11) is -2.53. The Morgan fingerprint density at radius 2 is 2.25 bits per heavy atom. The minimum absolute atomic E-state index is 0.354. The van der Waals surface area contributed by atoms with Crippen molar-refractivity contribution in [3.8, 4) is 6.07 Å². The number of hydrogen-bond donors (Lipinski definition) is 2. The Kier molecular flexibility index (Phi) is 2.75. The van der Waals surface area contributed by atoms with Gasteiger partial charge in [-0.15, -0.1) is 10.8 Å². The minimum Gasteiger partial charge on any atom is -0.285 e. The van der Waals surface area contributed by atoms with Crippen LogP contribution in [0.4, 0.5) is 0 Å². The summed E-state index contributed by atoms with van der Waals surface area (Å²) in [5.74, 6) is 0.354. The fourth-order valence-electron chi connectivity index (χ4n) is 0.979. The molecule has 5 heteroatoms. The molecule has 0 saturated carbocycles. The molecule has 0 aromatic carbocycles. The maximum absolute atomic E-state index is 9.38. The van der Waals surface area contributed by atoms with Crippen molar-refractivity contribution in [1.82, 2.24) is 4.31 Å². The Morgan fingerprint density at radius 1 is 1.67 bits per heavy atom. The minimum atomic E-state index is -2.53. The van der Waals surface area contributed by atoms with E-state index in [0.717, 1.165) is 5.57 Å². The summed E-state index contributed by atoms with van der Waals surface area (Å²) in [5, 5.41) is 8.28. The molecular formula is C7H12N2O2S. The molecule has 0 bridgehead atoms. The molecule has 0 aromatic rings. The highest BCUT2D eigenvalue weighted by molar-refractivity contribution is 8.22. The van der Waals surface area contributed by atoms with Crippen LogP contribution in [0, 0.1) is 11.3 Å². The van der Waals surface area contributed by atoms with Gasteiger partial charge in [0.2, 0.25) is 0 Å². The fourth-order valence-corrected chi connectivity index (χ4v) is 2.09. The molecule has 12 heavy (non-hydrogen) atoms. The average Bonchev–Trinajstić information content (AvgIpc) is 1.95.